The number of nitrogens with one attached hydrogen (secondary N) is 1. The number of hydrogen-bond donors (Lipinski definition) is 2. The van der Waals surface area contributed by atoms with Crippen LogP contribution in [-0.4, -0.2) is 47.8 Å². The van der Waals surface area contributed by atoms with Gasteiger partial charge in [0, 0.05) is 24.7 Å². The van der Waals surface area contributed by atoms with E-state index in [9.17, 15) is 5.11 Å². The molecule has 0 aliphatic heterocycles. The van der Waals surface area contributed by atoms with Gasteiger partial charge < -0.3 is 10.4 Å². The number of nitrogens with zero attached hydrogens (tertiary/aromatic N) is 1. The molecule has 0 bridgehead atoms. The summed E-state index contributed by atoms with van der Waals surface area (Å²) in [5.41, 5.74) is -0.0366. The van der Waals surface area contributed by atoms with Crippen molar-refractivity contribution in [3.8, 4) is 0 Å². The van der Waals surface area contributed by atoms with Gasteiger partial charge in [-0.05, 0) is 50.5 Å². The molecule has 3 heteroatoms. The Balaban J connectivity index is 2.73. The van der Waals surface area contributed by atoms with Gasteiger partial charge in [-0.2, -0.15) is 0 Å². The highest BCUT2D eigenvalue weighted by atomic mass is 16.3. The van der Waals surface area contributed by atoms with E-state index in [4.69, 9.17) is 0 Å². The molecule has 0 spiro atoms. The second kappa shape index (κ2) is 9.12. The predicted octanol–water partition coefficient (Wildman–Crippen LogP) is 3.27. The quantitative estimate of drug-likeness (QED) is 0.686. The smallest absolute Gasteiger partial charge is 0.0613 e. The molecule has 0 aromatic rings. The van der Waals surface area contributed by atoms with Crippen LogP contribution in [0.2, 0.25) is 0 Å². The molecule has 2 unspecified atom stereocenters. The number of rotatable bonds is 9. The van der Waals surface area contributed by atoms with Crippen LogP contribution in [0.15, 0.2) is 0 Å². The van der Waals surface area contributed by atoms with Crippen LogP contribution >= 0.6 is 0 Å². The fraction of sp³-hybridized carbons (Fsp3) is 1.00. The van der Waals surface area contributed by atoms with Crippen molar-refractivity contribution in [3.05, 3.63) is 0 Å². The van der Waals surface area contributed by atoms with E-state index < -0.39 is 0 Å². The minimum Gasteiger partial charge on any atom is -0.394 e. The lowest BCUT2D eigenvalue weighted by molar-refractivity contribution is 0.0487. The Morgan fingerprint density at radius 1 is 1.19 bits per heavy atom. The van der Waals surface area contributed by atoms with E-state index in [2.05, 4.69) is 44.8 Å². The Morgan fingerprint density at radius 2 is 1.81 bits per heavy atom. The van der Waals surface area contributed by atoms with Crippen LogP contribution in [0.5, 0.6) is 0 Å². The van der Waals surface area contributed by atoms with Gasteiger partial charge in [-0.3, -0.25) is 4.90 Å². The van der Waals surface area contributed by atoms with Crippen LogP contribution in [0, 0.1) is 11.8 Å². The van der Waals surface area contributed by atoms with Crippen molar-refractivity contribution in [3.63, 3.8) is 0 Å². The minimum absolute atomic E-state index is 0.0366. The van der Waals surface area contributed by atoms with Gasteiger partial charge in [-0.1, -0.05) is 34.6 Å². The lowest BCUT2D eigenvalue weighted by Crippen LogP contribution is -2.56. The maximum absolute atomic E-state index is 9.95. The summed E-state index contributed by atoms with van der Waals surface area (Å²) in [7, 11) is 0. The molecule has 21 heavy (non-hydrogen) atoms. The van der Waals surface area contributed by atoms with Crippen molar-refractivity contribution in [2.75, 3.05) is 26.2 Å². The highest BCUT2D eigenvalue weighted by molar-refractivity contribution is 4.96. The van der Waals surface area contributed by atoms with Gasteiger partial charge in [0.25, 0.3) is 0 Å². The van der Waals surface area contributed by atoms with Crippen molar-refractivity contribution in [2.24, 2.45) is 11.8 Å². The maximum atomic E-state index is 9.95. The third-order valence-corrected chi connectivity index (χ3v) is 4.59. The summed E-state index contributed by atoms with van der Waals surface area (Å²) in [6.07, 6.45) is 5.87. The zero-order valence-corrected chi connectivity index (χ0v) is 15.0. The van der Waals surface area contributed by atoms with Crippen molar-refractivity contribution < 1.29 is 5.11 Å². The van der Waals surface area contributed by atoms with Crippen LogP contribution in [-0.2, 0) is 0 Å². The van der Waals surface area contributed by atoms with Crippen LogP contribution in [0.4, 0.5) is 0 Å². The predicted molar refractivity (Wildman–Crippen MR) is 91.6 cm³/mol. The summed E-state index contributed by atoms with van der Waals surface area (Å²) in [5.74, 6) is 1.41. The maximum Gasteiger partial charge on any atom is 0.0613 e. The third-order valence-electron chi connectivity index (χ3n) is 4.59. The van der Waals surface area contributed by atoms with Crippen molar-refractivity contribution in [1.29, 1.82) is 0 Å². The lowest BCUT2D eigenvalue weighted by Gasteiger charge is -2.45. The van der Waals surface area contributed by atoms with Crippen LogP contribution in [0.1, 0.15) is 66.7 Å². The number of hydrogen-bond acceptors (Lipinski definition) is 3. The molecule has 0 aromatic heterocycles. The Morgan fingerprint density at radius 3 is 2.29 bits per heavy atom. The molecule has 126 valence electrons. The molecule has 2 atom stereocenters. The lowest BCUT2D eigenvalue weighted by atomic mass is 9.78. The standard InChI is InChI=1S/C18H38N2O/c1-6-10-19-18(14-21)9-7-8-17(11-18)20(12-15(2)3)13-16(4)5/h15-17,19,21H,6-14H2,1-5H3. The monoisotopic (exact) mass is 298 g/mol. The molecular weight excluding hydrogens is 260 g/mol. The van der Waals surface area contributed by atoms with Gasteiger partial charge in [0.15, 0.2) is 0 Å². The van der Waals surface area contributed by atoms with E-state index in [1.807, 2.05) is 0 Å². The first kappa shape index (κ1) is 18.9. The normalized spacial score (nSPS) is 27.0. The third kappa shape index (κ3) is 6.25. The Bertz CT molecular complexity index is 270. The van der Waals surface area contributed by atoms with E-state index in [1.54, 1.807) is 0 Å². The van der Waals surface area contributed by atoms with Crippen LogP contribution in [0.3, 0.4) is 0 Å². The van der Waals surface area contributed by atoms with E-state index in [0.29, 0.717) is 17.9 Å². The van der Waals surface area contributed by atoms with E-state index in [1.165, 1.54) is 25.9 Å². The van der Waals surface area contributed by atoms with Crippen LogP contribution < -0.4 is 5.32 Å². The summed E-state index contributed by atoms with van der Waals surface area (Å²) >= 11 is 0. The first-order chi connectivity index (χ1) is 9.92. The Kier molecular flexibility index (Phi) is 8.22. The summed E-state index contributed by atoms with van der Waals surface area (Å²) in [6.45, 7) is 15.1. The molecule has 0 heterocycles. The molecular formula is C18H38N2O. The van der Waals surface area contributed by atoms with E-state index >= 15 is 0 Å². The number of aliphatic hydroxyl groups excluding tert-OH is 1. The van der Waals surface area contributed by atoms with Crippen molar-refractivity contribution >= 4 is 0 Å². The molecule has 1 aliphatic rings. The van der Waals surface area contributed by atoms with E-state index in [0.717, 1.165) is 25.8 Å². The highest BCUT2D eigenvalue weighted by Crippen LogP contribution is 2.32. The molecule has 0 amide bonds. The zero-order valence-electron chi connectivity index (χ0n) is 15.0. The van der Waals surface area contributed by atoms with Gasteiger partial charge in [0.2, 0.25) is 0 Å². The van der Waals surface area contributed by atoms with E-state index in [-0.39, 0.29) is 12.1 Å². The SMILES string of the molecule is CCCNC1(CO)CCCC(N(CC(C)C)CC(C)C)C1. The fourth-order valence-corrected chi connectivity index (χ4v) is 3.70. The molecule has 0 aromatic carbocycles. The average Bonchev–Trinajstić information content (AvgIpc) is 2.44. The molecule has 0 saturated heterocycles. The molecule has 1 rings (SSSR count). The van der Waals surface area contributed by atoms with Crippen molar-refractivity contribution in [2.45, 2.75) is 78.3 Å². The first-order valence-corrected chi connectivity index (χ1v) is 9.02. The topological polar surface area (TPSA) is 35.5 Å². The molecule has 2 N–H and O–H groups in total. The van der Waals surface area contributed by atoms with Crippen LogP contribution in [0.25, 0.3) is 0 Å². The zero-order chi connectivity index (χ0) is 15.9. The Hall–Kier alpha value is -0.120. The summed E-state index contributed by atoms with van der Waals surface area (Å²) in [4.78, 5) is 2.69. The van der Waals surface area contributed by atoms with Gasteiger partial charge in [-0.25, -0.2) is 0 Å². The first-order valence-electron chi connectivity index (χ1n) is 9.02. The largest absolute Gasteiger partial charge is 0.394 e. The highest BCUT2D eigenvalue weighted by Gasteiger charge is 2.37. The number of aliphatic hydroxyl groups is 1. The fourth-order valence-electron chi connectivity index (χ4n) is 3.70. The average molecular weight is 299 g/mol. The van der Waals surface area contributed by atoms with Gasteiger partial charge in [0.05, 0.1) is 6.61 Å². The minimum atomic E-state index is -0.0366. The van der Waals surface area contributed by atoms with Crippen molar-refractivity contribution in [1.82, 2.24) is 10.2 Å². The molecule has 1 aliphatic carbocycles. The second-order valence-electron chi connectivity index (χ2n) is 7.86. The summed E-state index contributed by atoms with van der Waals surface area (Å²) < 4.78 is 0. The molecule has 1 saturated carbocycles. The summed E-state index contributed by atoms with van der Waals surface area (Å²) in [5, 5.41) is 13.6. The second-order valence-corrected chi connectivity index (χ2v) is 7.86. The molecule has 1 fully saturated rings. The van der Waals surface area contributed by atoms with Gasteiger partial charge >= 0.3 is 0 Å². The molecule has 3 nitrogen and oxygen atoms in total. The van der Waals surface area contributed by atoms with Gasteiger partial charge in [0.1, 0.15) is 0 Å². The van der Waals surface area contributed by atoms with Gasteiger partial charge in [-0.15, -0.1) is 0 Å². The Labute approximate surface area is 132 Å². The summed E-state index contributed by atoms with van der Waals surface area (Å²) in [6, 6.07) is 0.625. The molecule has 0 radical (unpaired) electrons.